The number of hydrogen-bond donors (Lipinski definition) is 0. The zero-order valence-electron chi connectivity index (χ0n) is 10.3. The third-order valence-corrected chi connectivity index (χ3v) is 3.00. The Morgan fingerprint density at radius 3 is 2.07 bits per heavy atom. The van der Waals surface area contributed by atoms with Gasteiger partial charge in [-0.25, -0.2) is 0 Å². The topological polar surface area (TPSA) is 6.48 Å². The lowest BCUT2D eigenvalue weighted by molar-refractivity contribution is 0.165. The molecule has 0 aliphatic rings. The van der Waals surface area contributed by atoms with Crippen molar-refractivity contribution < 1.29 is 0 Å². The van der Waals surface area contributed by atoms with Crippen molar-refractivity contribution in [2.24, 2.45) is 5.92 Å². The normalized spacial score (nSPS) is 16.3. The summed E-state index contributed by atoms with van der Waals surface area (Å²) in [5.74, 6) is 1.34. The molecule has 0 saturated carbocycles. The summed E-state index contributed by atoms with van der Waals surface area (Å²) in [6.45, 7) is 10.0. The zero-order valence-corrected chi connectivity index (χ0v) is 11.0. The Bertz CT molecular complexity index is 139. The van der Waals surface area contributed by atoms with E-state index in [1.165, 1.54) is 0 Å². The summed E-state index contributed by atoms with van der Waals surface area (Å²) in [5.41, 5.74) is 0. The van der Waals surface area contributed by atoms with E-state index in [-0.39, 0.29) is 0 Å². The standard InChI is InChI=1S/C11H25ClN2/c1-6-14(8-10(2)7-12)11(3)9-13(4)5/h10-11H,6-9H2,1-5H3. The van der Waals surface area contributed by atoms with E-state index in [2.05, 4.69) is 44.7 Å². The predicted molar refractivity (Wildman–Crippen MR) is 65.1 cm³/mol. The second-order valence-corrected chi connectivity index (χ2v) is 4.77. The molecule has 2 nitrogen and oxygen atoms in total. The molecule has 0 bridgehead atoms. The van der Waals surface area contributed by atoms with E-state index in [1.54, 1.807) is 0 Å². The Morgan fingerprint density at radius 2 is 1.71 bits per heavy atom. The first-order chi connectivity index (χ1) is 6.51. The molecule has 86 valence electrons. The Morgan fingerprint density at radius 1 is 1.14 bits per heavy atom. The van der Waals surface area contributed by atoms with Crippen molar-refractivity contribution in [2.45, 2.75) is 26.8 Å². The molecule has 0 aliphatic heterocycles. The van der Waals surface area contributed by atoms with Gasteiger partial charge >= 0.3 is 0 Å². The van der Waals surface area contributed by atoms with Gasteiger partial charge in [-0.05, 0) is 33.5 Å². The molecule has 3 heteroatoms. The van der Waals surface area contributed by atoms with Crippen LogP contribution in [0.3, 0.4) is 0 Å². The number of alkyl halides is 1. The molecule has 0 N–H and O–H groups in total. The molecule has 0 amide bonds. The lowest BCUT2D eigenvalue weighted by Gasteiger charge is -2.31. The van der Waals surface area contributed by atoms with Crippen LogP contribution in [-0.2, 0) is 0 Å². The first-order valence-electron chi connectivity index (χ1n) is 5.46. The van der Waals surface area contributed by atoms with Crippen LogP contribution >= 0.6 is 11.6 Å². The molecule has 2 unspecified atom stereocenters. The molecule has 0 fully saturated rings. The molecule has 0 aromatic heterocycles. The number of halogens is 1. The van der Waals surface area contributed by atoms with Gasteiger partial charge in [0.25, 0.3) is 0 Å². The Hall–Kier alpha value is 0.210. The fourth-order valence-corrected chi connectivity index (χ4v) is 1.81. The fourth-order valence-electron chi connectivity index (χ4n) is 1.71. The van der Waals surface area contributed by atoms with Gasteiger partial charge in [0.1, 0.15) is 0 Å². The smallest absolute Gasteiger partial charge is 0.0261 e. The molecule has 0 radical (unpaired) electrons. The molecule has 2 atom stereocenters. The third kappa shape index (κ3) is 5.84. The summed E-state index contributed by atoms with van der Waals surface area (Å²) >= 11 is 5.83. The highest BCUT2D eigenvalue weighted by Crippen LogP contribution is 2.06. The molecule has 0 spiro atoms. The predicted octanol–water partition coefficient (Wildman–Crippen LogP) is 2.13. The highest BCUT2D eigenvalue weighted by molar-refractivity contribution is 6.18. The van der Waals surface area contributed by atoms with Gasteiger partial charge < -0.3 is 4.90 Å². The SMILES string of the molecule is CCN(CC(C)CCl)C(C)CN(C)C. The van der Waals surface area contributed by atoms with Gasteiger partial charge in [-0.3, -0.25) is 4.90 Å². The molecule has 0 heterocycles. The van der Waals surface area contributed by atoms with E-state index < -0.39 is 0 Å². The van der Waals surface area contributed by atoms with Gasteiger partial charge in [0.15, 0.2) is 0 Å². The summed E-state index contributed by atoms with van der Waals surface area (Å²) in [7, 11) is 4.24. The summed E-state index contributed by atoms with van der Waals surface area (Å²) in [6.07, 6.45) is 0. The second kappa shape index (κ2) is 7.49. The van der Waals surface area contributed by atoms with Crippen molar-refractivity contribution in [3.05, 3.63) is 0 Å². The molecule has 0 aromatic rings. The van der Waals surface area contributed by atoms with Crippen molar-refractivity contribution in [2.75, 3.05) is 39.6 Å². The van der Waals surface area contributed by atoms with Gasteiger partial charge in [-0.15, -0.1) is 11.6 Å². The number of hydrogen-bond acceptors (Lipinski definition) is 2. The minimum absolute atomic E-state index is 0.584. The summed E-state index contributed by atoms with van der Waals surface area (Å²) in [5, 5.41) is 0. The van der Waals surface area contributed by atoms with Gasteiger partial charge in [0.05, 0.1) is 0 Å². The van der Waals surface area contributed by atoms with Crippen LogP contribution in [0, 0.1) is 5.92 Å². The number of nitrogens with zero attached hydrogens (tertiary/aromatic N) is 2. The zero-order chi connectivity index (χ0) is 11.1. The summed E-state index contributed by atoms with van der Waals surface area (Å²) in [4.78, 5) is 4.73. The lowest BCUT2D eigenvalue weighted by atomic mass is 10.1. The van der Waals surface area contributed by atoms with Crippen LogP contribution in [0.1, 0.15) is 20.8 Å². The minimum Gasteiger partial charge on any atom is -0.308 e. The van der Waals surface area contributed by atoms with Crippen molar-refractivity contribution >= 4 is 11.6 Å². The quantitative estimate of drug-likeness (QED) is 0.607. The van der Waals surface area contributed by atoms with E-state index in [9.17, 15) is 0 Å². The third-order valence-electron chi connectivity index (χ3n) is 2.47. The van der Waals surface area contributed by atoms with Crippen LogP contribution < -0.4 is 0 Å². The monoisotopic (exact) mass is 220 g/mol. The average Bonchev–Trinajstić information content (AvgIpc) is 2.12. The van der Waals surface area contributed by atoms with E-state index in [0.29, 0.717) is 12.0 Å². The van der Waals surface area contributed by atoms with Crippen molar-refractivity contribution in [3.63, 3.8) is 0 Å². The van der Waals surface area contributed by atoms with E-state index >= 15 is 0 Å². The Kier molecular flexibility index (Phi) is 7.61. The maximum Gasteiger partial charge on any atom is 0.0261 e. The first-order valence-corrected chi connectivity index (χ1v) is 5.99. The van der Waals surface area contributed by atoms with Crippen molar-refractivity contribution in [3.8, 4) is 0 Å². The van der Waals surface area contributed by atoms with Crippen LogP contribution in [0.5, 0.6) is 0 Å². The van der Waals surface area contributed by atoms with Crippen LogP contribution in [0.15, 0.2) is 0 Å². The first kappa shape index (κ1) is 14.2. The maximum absolute atomic E-state index is 5.83. The summed E-state index contributed by atoms with van der Waals surface area (Å²) < 4.78 is 0. The van der Waals surface area contributed by atoms with Gasteiger partial charge in [-0.2, -0.15) is 0 Å². The van der Waals surface area contributed by atoms with Gasteiger partial charge in [-0.1, -0.05) is 13.8 Å². The van der Waals surface area contributed by atoms with Crippen LogP contribution in [0.2, 0.25) is 0 Å². The highest BCUT2D eigenvalue weighted by Gasteiger charge is 2.14. The maximum atomic E-state index is 5.83. The molecule has 0 rings (SSSR count). The molecule has 0 aromatic carbocycles. The number of rotatable bonds is 7. The van der Waals surface area contributed by atoms with E-state index in [1.807, 2.05) is 0 Å². The van der Waals surface area contributed by atoms with Crippen LogP contribution in [0.4, 0.5) is 0 Å². The van der Waals surface area contributed by atoms with Crippen molar-refractivity contribution in [1.82, 2.24) is 9.80 Å². The molecule has 0 saturated heterocycles. The molecule has 0 aliphatic carbocycles. The molecular formula is C11H25ClN2. The van der Waals surface area contributed by atoms with E-state index in [4.69, 9.17) is 11.6 Å². The van der Waals surface area contributed by atoms with Gasteiger partial charge in [0, 0.05) is 25.0 Å². The molecule has 14 heavy (non-hydrogen) atoms. The fraction of sp³-hybridized carbons (Fsp3) is 1.00. The second-order valence-electron chi connectivity index (χ2n) is 4.46. The minimum atomic E-state index is 0.584. The average molecular weight is 221 g/mol. The largest absolute Gasteiger partial charge is 0.308 e. The van der Waals surface area contributed by atoms with E-state index in [0.717, 1.165) is 25.5 Å². The van der Waals surface area contributed by atoms with Crippen LogP contribution in [0.25, 0.3) is 0 Å². The Labute approximate surface area is 94.2 Å². The van der Waals surface area contributed by atoms with Gasteiger partial charge in [0.2, 0.25) is 0 Å². The summed E-state index contributed by atoms with van der Waals surface area (Å²) in [6, 6.07) is 0.612. The lowest BCUT2D eigenvalue weighted by Crippen LogP contribution is -2.42. The van der Waals surface area contributed by atoms with Crippen molar-refractivity contribution in [1.29, 1.82) is 0 Å². The Balaban J connectivity index is 3.98. The van der Waals surface area contributed by atoms with Crippen LogP contribution in [-0.4, -0.2) is 55.5 Å². The number of likely N-dealkylation sites (N-methyl/N-ethyl adjacent to an activating group) is 2. The molecular weight excluding hydrogens is 196 g/mol. The highest BCUT2D eigenvalue weighted by atomic mass is 35.5.